The van der Waals surface area contributed by atoms with Gasteiger partial charge in [0.1, 0.15) is 18.1 Å². The lowest BCUT2D eigenvalue weighted by Gasteiger charge is -2.19. The summed E-state index contributed by atoms with van der Waals surface area (Å²) in [6.45, 7) is 4.56. The molecule has 0 atom stereocenters. The molecule has 0 bridgehead atoms. The lowest BCUT2D eigenvalue weighted by Crippen LogP contribution is -2.30. The Bertz CT molecular complexity index is 1140. The summed E-state index contributed by atoms with van der Waals surface area (Å²) in [5.41, 5.74) is 0.265. The van der Waals surface area contributed by atoms with Crippen LogP contribution in [0.5, 0.6) is 5.75 Å². The number of nitrogens with zero attached hydrogens (tertiary/aromatic N) is 5. The first-order chi connectivity index (χ1) is 15.4. The number of carbonyl (C=O) groups excluding carboxylic acids is 1. The number of amides is 1. The van der Waals surface area contributed by atoms with Crippen molar-refractivity contribution in [2.24, 2.45) is 0 Å². The van der Waals surface area contributed by atoms with Gasteiger partial charge < -0.3 is 14.5 Å². The number of nitrogens with one attached hydrogen (secondary N) is 1. The molecule has 0 aliphatic rings. The average molecular weight is 481 g/mol. The van der Waals surface area contributed by atoms with E-state index in [2.05, 4.69) is 20.8 Å². The fourth-order valence-electron chi connectivity index (χ4n) is 2.92. The van der Waals surface area contributed by atoms with Gasteiger partial charge in [0.25, 0.3) is 0 Å². The molecule has 0 saturated heterocycles. The van der Waals surface area contributed by atoms with Crippen LogP contribution in [-0.2, 0) is 21.4 Å². The first kappa shape index (κ1) is 23.8. The maximum atomic E-state index is 12.8. The first-order valence-corrected chi connectivity index (χ1v) is 12.2. The van der Waals surface area contributed by atoms with E-state index in [0.717, 1.165) is 11.8 Å². The average Bonchev–Trinajstić information content (AvgIpc) is 3.45. The predicted octanol–water partition coefficient (Wildman–Crippen LogP) is 2.08. The van der Waals surface area contributed by atoms with E-state index >= 15 is 0 Å². The second kappa shape index (κ2) is 10.6. The third-order valence-electron chi connectivity index (χ3n) is 4.51. The monoisotopic (exact) mass is 480 g/mol. The van der Waals surface area contributed by atoms with Crippen LogP contribution in [0.15, 0.2) is 51.1 Å². The smallest absolute Gasteiger partial charge is 0.243 e. The summed E-state index contributed by atoms with van der Waals surface area (Å²) >= 11 is 1.14. The molecule has 3 rings (SSSR count). The molecule has 11 nitrogen and oxygen atoms in total. The Morgan fingerprint density at radius 1 is 1.28 bits per heavy atom. The Morgan fingerprint density at radius 2 is 2.06 bits per heavy atom. The molecule has 0 aliphatic carbocycles. The minimum Gasteiger partial charge on any atom is -0.495 e. The maximum absolute atomic E-state index is 12.8. The summed E-state index contributed by atoms with van der Waals surface area (Å²) < 4.78 is 39.1. The fourth-order valence-corrected chi connectivity index (χ4v) is 5.08. The van der Waals surface area contributed by atoms with Crippen molar-refractivity contribution in [2.75, 3.05) is 31.3 Å². The third kappa shape index (κ3) is 5.47. The molecule has 3 aromatic rings. The molecule has 13 heteroatoms. The number of sulfonamides is 1. The van der Waals surface area contributed by atoms with Crippen molar-refractivity contribution < 1.29 is 22.4 Å². The van der Waals surface area contributed by atoms with Crippen molar-refractivity contribution in [2.45, 2.75) is 30.4 Å². The second-order valence-electron chi connectivity index (χ2n) is 6.49. The molecule has 0 fully saturated rings. The highest BCUT2D eigenvalue weighted by Crippen LogP contribution is 2.29. The molecule has 0 spiro atoms. The van der Waals surface area contributed by atoms with Crippen molar-refractivity contribution in [3.8, 4) is 5.75 Å². The van der Waals surface area contributed by atoms with Gasteiger partial charge in [-0.15, -0.1) is 5.10 Å². The summed E-state index contributed by atoms with van der Waals surface area (Å²) in [5.74, 6) is 0.677. The number of rotatable bonds is 11. The molecular formula is C19H24N6O5S2. The van der Waals surface area contributed by atoms with Gasteiger partial charge in [-0.25, -0.2) is 13.1 Å². The Morgan fingerprint density at radius 3 is 2.72 bits per heavy atom. The molecular weight excluding hydrogens is 456 g/mol. The maximum Gasteiger partial charge on any atom is 0.243 e. The summed E-state index contributed by atoms with van der Waals surface area (Å²) in [4.78, 5) is 12.6. The second-order valence-corrected chi connectivity index (χ2v) is 9.37. The van der Waals surface area contributed by atoms with E-state index in [1.54, 1.807) is 32.2 Å². The molecule has 1 N–H and O–H groups in total. The zero-order valence-electron chi connectivity index (χ0n) is 17.9. The molecule has 2 aromatic heterocycles. The van der Waals surface area contributed by atoms with Gasteiger partial charge in [-0.1, -0.05) is 25.6 Å². The van der Waals surface area contributed by atoms with Crippen LogP contribution in [-0.4, -0.2) is 64.8 Å². The Labute approximate surface area is 190 Å². The third-order valence-corrected chi connectivity index (χ3v) is 7.51. The Balaban J connectivity index is 1.70. The number of tetrazole rings is 1. The number of carbonyl (C=O) groups is 1. The van der Waals surface area contributed by atoms with Crippen LogP contribution in [0.3, 0.4) is 0 Å². The van der Waals surface area contributed by atoms with Crippen molar-refractivity contribution in [1.82, 2.24) is 24.5 Å². The van der Waals surface area contributed by atoms with Crippen molar-refractivity contribution in [3.63, 3.8) is 0 Å². The van der Waals surface area contributed by atoms with Crippen molar-refractivity contribution in [3.05, 3.63) is 42.4 Å². The van der Waals surface area contributed by atoms with Gasteiger partial charge in [0.15, 0.2) is 0 Å². The zero-order valence-corrected chi connectivity index (χ0v) is 19.5. The van der Waals surface area contributed by atoms with Crippen LogP contribution < -0.4 is 10.1 Å². The number of benzene rings is 1. The van der Waals surface area contributed by atoms with Gasteiger partial charge in [0.2, 0.25) is 21.1 Å². The SMILES string of the molecule is CCN(CC)S(=O)(=O)c1ccc(OC)c(NC(=O)CSc2nnnn2Cc2ccco2)c1. The predicted molar refractivity (Wildman–Crippen MR) is 118 cm³/mol. The van der Waals surface area contributed by atoms with Gasteiger partial charge in [-0.2, -0.15) is 4.31 Å². The lowest BCUT2D eigenvalue weighted by molar-refractivity contribution is -0.113. The zero-order chi connectivity index (χ0) is 23.1. The van der Waals surface area contributed by atoms with Crippen LogP contribution in [0, 0.1) is 0 Å². The highest BCUT2D eigenvalue weighted by Gasteiger charge is 2.23. The van der Waals surface area contributed by atoms with Crippen LogP contribution in [0.1, 0.15) is 19.6 Å². The number of hydrogen-bond donors (Lipinski definition) is 1. The molecule has 0 radical (unpaired) electrons. The molecule has 2 heterocycles. The summed E-state index contributed by atoms with van der Waals surface area (Å²) in [6, 6.07) is 7.94. The first-order valence-electron chi connectivity index (χ1n) is 9.78. The summed E-state index contributed by atoms with van der Waals surface area (Å²) in [5, 5.41) is 14.6. The highest BCUT2D eigenvalue weighted by atomic mass is 32.2. The van der Waals surface area contributed by atoms with Crippen LogP contribution in [0.25, 0.3) is 0 Å². The largest absolute Gasteiger partial charge is 0.495 e. The van der Waals surface area contributed by atoms with Gasteiger partial charge in [0.05, 0.1) is 29.7 Å². The minimum absolute atomic E-state index is 0.00864. The number of ether oxygens (including phenoxy) is 1. The van der Waals surface area contributed by atoms with E-state index < -0.39 is 10.0 Å². The molecule has 0 saturated carbocycles. The molecule has 0 unspecified atom stereocenters. The number of thioether (sulfide) groups is 1. The number of aromatic nitrogens is 4. The minimum atomic E-state index is -3.68. The van der Waals surface area contributed by atoms with E-state index in [-0.39, 0.29) is 22.2 Å². The van der Waals surface area contributed by atoms with Gasteiger partial charge in [0, 0.05) is 13.1 Å². The number of furan rings is 1. The van der Waals surface area contributed by atoms with E-state index in [4.69, 9.17) is 9.15 Å². The molecule has 0 aliphatic heterocycles. The quantitative estimate of drug-likeness (QED) is 0.410. The fraction of sp³-hybridized carbons (Fsp3) is 0.368. The number of hydrogen-bond acceptors (Lipinski definition) is 9. The lowest BCUT2D eigenvalue weighted by atomic mass is 10.3. The number of methoxy groups -OCH3 is 1. The van der Waals surface area contributed by atoms with Crippen LogP contribution in [0.4, 0.5) is 5.69 Å². The van der Waals surface area contributed by atoms with Crippen LogP contribution in [0.2, 0.25) is 0 Å². The molecule has 32 heavy (non-hydrogen) atoms. The number of anilines is 1. The summed E-state index contributed by atoms with van der Waals surface area (Å²) in [6.07, 6.45) is 1.56. The van der Waals surface area contributed by atoms with Crippen molar-refractivity contribution >= 4 is 33.4 Å². The van der Waals surface area contributed by atoms with Crippen LogP contribution >= 0.6 is 11.8 Å². The molecule has 1 aromatic carbocycles. The normalized spacial score (nSPS) is 11.6. The van der Waals surface area contributed by atoms with Gasteiger partial charge >= 0.3 is 0 Å². The highest BCUT2D eigenvalue weighted by molar-refractivity contribution is 7.99. The van der Waals surface area contributed by atoms with Crippen molar-refractivity contribution in [1.29, 1.82) is 0 Å². The Kier molecular flexibility index (Phi) is 7.88. The van der Waals surface area contributed by atoms with E-state index in [9.17, 15) is 13.2 Å². The van der Waals surface area contributed by atoms with E-state index in [1.165, 1.54) is 34.3 Å². The van der Waals surface area contributed by atoms with Gasteiger partial charge in [-0.3, -0.25) is 4.79 Å². The Hall–Kier alpha value is -2.90. The molecule has 1 amide bonds. The molecule has 172 valence electrons. The topological polar surface area (TPSA) is 132 Å². The van der Waals surface area contributed by atoms with Gasteiger partial charge in [-0.05, 0) is 40.8 Å². The van der Waals surface area contributed by atoms with E-state index in [0.29, 0.717) is 36.3 Å². The summed E-state index contributed by atoms with van der Waals surface area (Å²) in [7, 11) is -2.23. The van der Waals surface area contributed by atoms with E-state index in [1.807, 2.05) is 0 Å². The standard InChI is InChI=1S/C19H24N6O5S2/c1-4-24(5-2)32(27,28)15-8-9-17(29-3)16(11-15)20-18(26)13-31-19-21-22-23-25(19)12-14-7-6-10-30-14/h6-11H,4-5,12-13H2,1-3H3,(H,20,26).